The van der Waals surface area contributed by atoms with E-state index in [1.807, 2.05) is 12.1 Å². The van der Waals surface area contributed by atoms with Crippen LogP contribution in [0.3, 0.4) is 0 Å². The van der Waals surface area contributed by atoms with Gasteiger partial charge >= 0.3 is 0 Å². The lowest BCUT2D eigenvalue weighted by molar-refractivity contribution is 0.868. The van der Waals surface area contributed by atoms with Crippen LogP contribution in [-0.2, 0) is 0 Å². The third-order valence-corrected chi connectivity index (χ3v) is 4.07. The molecule has 0 unspecified atom stereocenters. The smallest absolute Gasteiger partial charge is 0.0732 e. The predicted molar refractivity (Wildman–Crippen MR) is 94.3 cm³/mol. The number of aryl methyl sites for hydroxylation is 1. The summed E-state index contributed by atoms with van der Waals surface area (Å²) >= 11 is 0. The van der Waals surface area contributed by atoms with Gasteiger partial charge in [0.25, 0.3) is 0 Å². The minimum Gasteiger partial charge on any atom is -0.371 e. The van der Waals surface area contributed by atoms with Crippen molar-refractivity contribution in [3.63, 3.8) is 0 Å². The van der Waals surface area contributed by atoms with Crippen LogP contribution in [0.25, 0.3) is 22.0 Å². The summed E-state index contributed by atoms with van der Waals surface area (Å²) in [6, 6.07) is 19.9. The van der Waals surface area contributed by atoms with Crippen molar-refractivity contribution in [2.24, 2.45) is 0 Å². The molecule has 0 spiro atoms. The maximum atomic E-state index is 4.74. The summed E-state index contributed by atoms with van der Waals surface area (Å²) < 4.78 is 0. The zero-order valence-corrected chi connectivity index (χ0v) is 13.4. The Bertz CT molecular complexity index is 774. The lowest BCUT2D eigenvalue weighted by Gasteiger charge is -2.23. The molecule has 0 aliphatic heterocycles. The summed E-state index contributed by atoms with van der Waals surface area (Å²) in [5.41, 5.74) is 5.80. The molecule has 0 saturated heterocycles. The van der Waals surface area contributed by atoms with Gasteiger partial charge in [0, 0.05) is 29.9 Å². The minimum absolute atomic E-state index is 1.01. The second-order valence-electron chi connectivity index (χ2n) is 5.48. The molecule has 1 radical (unpaired) electrons. The molecule has 0 atom stereocenters. The molecule has 22 heavy (non-hydrogen) atoms. The fraction of sp³-hybridized carbons (Fsp3) is 0.250. The summed E-state index contributed by atoms with van der Waals surface area (Å²) in [6.45, 7) is 8.47. The standard InChI is InChI=1S/C20H21N2/c1-4-22(5-2)20-13-15(3)21-19-14-17(11-12-18(19)20)16-9-7-6-8-10-16/h7-14H,4-5H2,1-3H3. The molecule has 0 amide bonds. The van der Waals surface area contributed by atoms with Gasteiger partial charge in [-0.1, -0.05) is 36.4 Å². The summed E-state index contributed by atoms with van der Waals surface area (Å²) in [7, 11) is 0. The minimum atomic E-state index is 1.01. The lowest BCUT2D eigenvalue weighted by Crippen LogP contribution is -2.22. The van der Waals surface area contributed by atoms with Gasteiger partial charge in [0.15, 0.2) is 0 Å². The Morgan fingerprint density at radius 2 is 1.68 bits per heavy atom. The first kappa shape index (κ1) is 14.6. The Labute approximate surface area is 132 Å². The molecule has 0 saturated carbocycles. The van der Waals surface area contributed by atoms with Crippen molar-refractivity contribution in [1.29, 1.82) is 0 Å². The van der Waals surface area contributed by atoms with Gasteiger partial charge in [-0.3, -0.25) is 4.98 Å². The molecule has 2 heteroatoms. The van der Waals surface area contributed by atoms with Crippen LogP contribution in [-0.4, -0.2) is 18.1 Å². The van der Waals surface area contributed by atoms with Crippen molar-refractivity contribution in [1.82, 2.24) is 4.98 Å². The van der Waals surface area contributed by atoms with Crippen LogP contribution in [0.4, 0.5) is 5.69 Å². The van der Waals surface area contributed by atoms with Gasteiger partial charge in [-0.05, 0) is 50.1 Å². The van der Waals surface area contributed by atoms with Crippen LogP contribution in [0.5, 0.6) is 0 Å². The number of anilines is 1. The fourth-order valence-electron chi connectivity index (χ4n) is 2.92. The number of rotatable bonds is 4. The molecule has 1 aromatic heterocycles. The van der Waals surface area contributed by atoms with Gasteiger partial charge in [-0.25, -0.2) is 0 Å². The lowest BCUT2D eigenvalue weighted by atomic mass is 10.0. The number of fused-ring (bicyclic) bond motifs is 1. The Balaban J connectivity index is 2.17. The molecule has 0 aliphatic rings. The number of aromatic nitrogens is 1. The number of nitrogens with zero attached hydrogens (tertiary/aromatic N) is 2. The van der Waals surface area contributed by atoms with Crippen molar-refractivity contribution in [2.75, 3.05) is 18.0 Å². The Morgan fingerprint density at radius 1 is 0.955 bits per heavy atom. The van der Waals surface area contributed by atoms with E-state index in [1.165, 1.54) is 22.2 Å². The van der Waals surface area contributed by atoms with Crippen LogP contribution in [0.15, 0.2) is 48.5 Å². The van der Waals surface area contributed by atoms with Gasteiger partial charge in [0.1, 0.15) is 0 Å². The molecule has 2 nitrogen and oxygen atoms in total. The van der Waals surface area contributed by atoms with Crippen LogP contribution in [0.1, 0.15) is 19.5 Å². The molecule has 3 aromatic rings. The van der Waals surface area contributed by atoms with Gasteiger partial charge in [-0.2, -0.15) is 0 Å². The van der Waals surface area contributed by atoms with Crippen LogP contribution in [0, 0.1) is 13.0 Å². The maximum Gasteiger partial charge on any atom is 0.0732 e. The monoisotopic (exact) mass is 289 g/mol. The summed E-state index contributed by atoms with van der Waals surface area (Å²) in [5, 5.41) is 1.22. The highest BCUT2D eigenvalue weighted by Gasteiger charge is 2.10. The van der Waals surface area contributed by atoms with E-state index in [1.54, 1.807) is 0 Å². The zero-order valence-electron chi connectivity index (χ0n) is 13.4. The van der Waals surface area contributed by atoms with Crippen LogP contribution >= 0.6 is 0 Å². The highest BCUT2D eigenvalue weighted by Crippen LogP contribution is 2.30. The van der Waals surface area contributed by atoms with Crippen molar-refractivity contribution >= 4 is 16.6 Å². The molecular weight excluding hydrogens is 268 g/mol. The first-order chi connectivity index (χ1) is 10.7. The summed E-state index contributed by atoms with van der Waals surface area (Å²) in [6.07, 6.45) is 0. The van der Waals surface area contributed by atoms with Gasteiger partial charge in [-0.15, -0.1) is 0 Å². The summed E-state index contributed by atoms with van der Waals surface area (Å²) in [5.74, 6) is 0. The molecule has 3 rings (SSSR count). The van der Waals surface area contributed by atoms with E-state index in [0.717, 1.165) is 24.3 Å². The van der Waals surface area contributed by atoms with Gasteiger partial charge in [0.2, 0.25) is 0 Å². The number of hydrogen-bond acceptors (Lipinski definition) is 2. The van der Waals surface area contributed by atoms with E-state index < -0.39 is 0 Å². The first-order valence-corrected chi connectivity index (χ1v) is 7.85. The second kappa shape index (κ2) is 6.18. The third kappa shape index (κ3) is 2.69. The van der Waals surface area contributed by atoms with Gasteiger partial charge in [0.05, 0.1) is 5.52 Å². The number of hydrogen-bond donors (Lipinski definition) is 0. The van der Waals surface area contributed by atoms with E-state index in [9.17, 15) is 0 Å². The van der Waals surface area contributed by atoms with Crippen molar-refractivity contribution < 1.29 is 0 Å². The highest BCUT2D eigenvalue weighted by atomic mass is 15.1. The van der Waals surface area contributed by atoms with Gasteiger partial charge < -0.3 is 4.90 Å². The first-order valence-electron chi connectivity index (χ1n) is 7.85. The van der Waals surface area contributed by atoms with Crippen molar-refractivity contribution in [2.45, 2.75) is 20.8 Å². The predicted octanol–water partition coefficient (Wildman–Crippen LogP) is 4.86. The SMILES string of the molecule is CCN(CC)c1cc(C)nc2cc(-c3cc[c]cc3)ccc12. The molecule has 0 aliphatic carbocycles. The molecule has 2 aromatic carbocycles. The molecule has 0 bridgehead atoms. The number of pyridine rings is 1. The zero-order chi connectivity index (χ0) is 15.5. The van der Waals surface area contributed by atoms with E-state index >= 15 is 0 Å². The maximum absolute atomic E-state index is 4.74. The van der Waals surface area contributed by atoms with Crippen LogP contribution in [0.2, 0.25) is 0 Å². The normalized spacial score (nSPS) is 10.9. The average molecular weight is 289 g/mol. The Kier molecular flexibility index (Phi) is 4.10. The molecule has 1 heterocycles. The van der Waals surface area contributed by atoms with E-state index in [0.29, 0.717) is 0 Å². The van der Waals surface area contributed by atoms with E-state index in [2.05, 4.69) is 68.1 Å². The second-order valence-corrected chi connectivity index (χ2v) is 5.48. The number of benzene rings is 2. The quantitative estimate of drug-likeness (QED) is 0.682. The van der Waals surface area contributed by atoms with E-state index in [-0.39, 0.29) is 0 Å². The molecule has 0 N–H and O–H groups in total. The highest BCUT2D eigenvalue weighted by molar-refractivity contribution is 5.94. The van der Waals surface area contributed by atoms with Crippen molar-refractivity contribution in [3.05, 3.63) is 60.3 Å². The summed E-state index contributed by atoms with van der Waals surface area (Å²) in [4.78, 5) is 7.12. The largest absolute Gasteiger partial charge is 0.371 e. The fourth-order valence-corrected chi connectivity index (χ4v) is 2.92. The third-order valence-electron chi connectivity index (χ3n) is 4.07. The Hall–Kier alpha value is -2.35. The van der Waals surface area contributed by atoms with E-state index in [4.69, 9.17) is 4.98 Å². The topological polar surface area (TPSA) is 16.1 Å². The molecular formula is C20H21N2. The molecule has 0 fully saturated rings. The Morgan fingerprint density at radius 3 is 2.36 bits per heavy atom. The average Bonchev–Trinajstić information content (AvgIpc) is 2.56. The van der Waals surface area contributed by atoms with Crippen LogP contribution < -0.4 is 4.90 Å². The van der Waals surface area contributed by atoms with Crippen molar-refractivity contribution in [3.8, 4) is 11.1 Å². The molecule has 111 valence electrons.